The van der Waals surface area contributed by atoms with Gasteiger partial charge in [-0.05, 0) is 37.6 Å². The molecule has 1 aliphatic rings. The predicted molar refractivity (Wildman–Crippen MR) is 111 cm³/mol. The second-order valence-corrected chi connectivity index (χ2v) is 7.64. The van der Waals surface area contributed by atoms with Crippen molar-refractivity contribution in [2.24, 2.45) is 0 Å². The van der Waals surface area contributed by atoms with Gasteiger partial charge in [-0.1, -0.05) is 30.3 Å². The van der Waals surface area contributed by atoms with E-state index < -0.39 is 5.97 Å². The van der Waals surface area contributed by atoms with Gasteiger partial charge in [-0.25, -0.2) is 0 Å². The molecule has 140 valence electrons. The smallest absolute Gasteiger partial charge is 0.309 e. The summed E-state index contributed by atoms with van der Waals surface area (Å²) < 4.78 is 2.15. The summed E-state index contributed by atoms with van der Waals surface area (Å²) in [6.45, 7) is 4.86. The summed E-state index contributed by atoms with van der Waals surface area (Å²) in [5.41, 5.74) is 5.58. The molecule has 1 aliphatic heterocycles. The van der Waals surface area contributed by atoms with Gasteiger partial charge in [0.25, 0.3) is 0 Å². The third-order valence-electron chi connectivity index (χ3n) is 5.19. The van der Waals surface area contributed by atoms with Crippen molar-refractivity contribution in [2.75, 3.05) is 25.5 Å². The number of anilines is 1. The van der Waals surface area contributed by atoms with Crippen molar-refractivity contribution in [2.45, 2.75) is 25.7 Å². The molecule has 0 amide bonds. The molecule has 0 fully saturated rings. The van der Waals surface area contributed by atoms with Gasteiger partial charge in [-0.3, -0.25) is 4.79 Å². The van der Waals surface area contributed by atoms with E-state index in [1.165, 1.54) is 5.56 Å². The second kappa shape index (κ2) is 7.39. The lowest BCUT2D eigenvalue weighted by molar-refractivity contribution is -0.436. The number of carboxylic acids is 1. The molecule has 4 nitrogen and oxygen atoms in total. The standard InChI is InChI=1S/C23H26N2O2/c1-23(2)19-7-5-6-8-20(19)25(16-15-22(26)27)21(23)14-11-17-9-12-18(13-10-17)24(3)4/h5-14H,15-16H2,1-4H3/p+1. The number of rotatable bonds is 6. The lowest BCUT2D eigenvalue weighted by Crippen LogP contribution is -2.28. The first-order chi connectivity index (χ1) is 12.8. The summed E-state index contributed by atoms with van der Waals surface area (Å²) in [5, 5.41) is 9.16. The van der Waals surface area contributed by atoms with E-state index in [1.807, 2.05) is 26.2 Å². The van der Waals surface area contributed by atoms with Crippen LogP contribution in [0.4, 0.5) is 11.4 Å². The summed E-state index contributed by atoms with van der Waals surface area (Å²) in [4.78, 5) is 13.2. The highest BCUT2D eigenvalue weighted by Gasteiger charge is 2.43. The summed E-state index contributed by atoms with van der Waals surface area (Å²) in [6.07, 6.45) is 4.35. The Bertz CT molecular complexity index is 906. The average Bonchev–Trinajstić information content (AvgIpc) is 2.85. The molecule has 1 N–H and O–H groups in total. The fraction of sp³-hybridized carbons (Fsp3) is 0.304. The molecule has 1 heterocycles. The summed E-state index contributed by atoms with van der Waals surface area (Å²) >= 11 is 0. The molecule has 0 saturated carbocycles. The maximum atomic E-state index is 11.1. The van der Waals surface area contributed by atoms with Crippen LogP contribution in [0.5, 0.6) is 0 Å². The number of hydrogen-bond acceptors (Lipinski definition) is 2. The van der Waals surface area contributed by atoms with Crippen molar-refractivity contribution in [1.82, 2.24) is 0 Å². The fourth-order valence-corrected chi connectivity index (χ4v) is 3.65. The Morgan fingerprint density at radius 1 is 1.07 bits per heavy atom. The third-order valence-corrected chi connectivity index (χ3v) is 5.19. The van der Waals surface area contributed by atoms with Gasteiger partial charge in [-0.2, -0.15) is 4.58 Å². The molecule has 0 bridgehead atoms. The second-order valence-electron chi connectivity index (χ2n) is 7.64. The third kappa shape index (κ3) is 3.80. The van der Waals surface area contributed by atoms with Crippen LogP contribution >= 0.6 is 0 Å². The minimum absolute atomic E-state index is 0.110. The number of carboxylic acid groups (broad SMARTS) is 1. The van der Waals surface area contributed by atoms with Crippen LogP contribution in [0, 0.1) is 0 Å². The Kier molecular flexibility index (Phi) is 5.17. The molecule has 0 aliphatic carbocycles. The van der Waals surface area contributed by atoms with Crippen molar-refractivity contribution in [3.63, 3.8) is 0 Å². The topological polar surface area (TPSA) is 43.5 Å². The Labute approximate surface area is 161 Å². The van der Waals surface area contributed by atoms with Crippen LogP contribution in [0.2, 0.25) is 0 Å². The lowest BCUT2D eigenvalue weighted by atomic mass is 9.81. The van der Waals surface area contributed by atoms with Crippen molar-refractivity contribution >= 4 is 29.1 Å². The monoisotopic (exact) mass is 363 g/mol. The van der Waals surface area contributed by atoms with E-state index in [2.05, 4.69) is 71.9 Å². The highest BCUT2D eigenvalue weighted by Crippen LogP contribution is 2.40. The zero-order valence-electron chi connectivity index (χ0n) is 16.4. The highest BCUT2D eigenvalue weighted by molar-refractivity contribution is 6.05. The first-order valence-electron chi connectivity index (χ1n) is 9.22. The van der Waals surface area contributed by atoms with Gasteiger partial charge in [0.15, 0.2) is 12.3 Å². The number of aliphatic carboxylic acids is 1. The van der Waals surface area contributed by atoms with Crippen LogP contribution < -0.4 is 4.90 Å². The Hall–Kier alpha value is -2.88. The average molecular weight is 363 g/mol. The van der Waals surface area contributed by atoms with Crippen molar-refractivity contribution in [1.29, 1.82) is 0 Å². The highest BCUT2D eigenvalue weighted by atomic mass is 16.4. The van der Waals surface area contributed by atoms with E-state index >= 15 is 0 Å². The number of benzene rings is 2. The van der Waals surface area contributed by atoms with E-state index in [4.69, 9.17) is 5.11 Å². The molecular formula is C23H27N2O2+. The fourth-order valence-electron chi connectivity index (χ4n) is 3.65. The predicted octanol–water partition coefficient (Wildman–Crippen LogP) is 4.32. The van der Waals surface area contributed by atoms with E-state index in [0.717, 1.165) is 22.6 Å². The normalized spacial score (nSPS) is 15.3. The van der Waals surface area contributed by atoms with E-state index in [1.54, 1.807) is 0 Å². The van der Waals surface area contributed by atoms with Crippen molar-refractivity contribution in [3.05, 3.63) is 65.7 Å². The Balaban J connectivity index is 1.98. The Morgan fingerprint density at radius 3 is 2.37 bits per heavy atom. The molecule has 0 radical (unpaired) electrons. The lowest BCUT2D eigenvalue weighted by Gasteiger charge is -2.15. The van der Waals surface area contributed by atoms with Gasteiger partial charge in [0.2, 0.25) is 5.69 Å². The zero-order valence-corrected chi connectivity index (χ0v) is 16.4. The quantitative estimate of drug-likeness (QED) is 0.778. The van der Waals surface area contributed by atoms with Crippen LogP contribution in [0.3, 0.4) is 0 Å². The van der Waals surface area contributed by atoms with Gasteiger partial charge in [0.05, 0.1) is 5.41 Å². The molecule has 0 spiro atoms. The number of carbonyl (C=O) groups is 1. The minimum Gasteiger partial charge on any atom is -0.481 e. The molecule has 3 rings (SSSR count). The number of fused-ring (bicyclic) bond motifs is 1. The van der Waals surface area contributed by atoms with Crippen LogP contribution in [0.25, 0.3) is 6.08 Å². The summed E-state index contributed by atoms with van der Waals surface area (Å²) in [7, 11) is 4.05. The zero-order chi connectivity index (χ0) is 19.6. The van der Waals surface area contributed by atoms with E-state index in [0.29, 0.717) is 6.54 Å². The first kappa shape index (κ1) is 18.9. The Morgan fingerprint density at radius 2 is 1.74 bits per heavy atom. The molecule has 4 heteroatoms. The molecule has 27 heavy (non-hydrogen) atoms. The van der Waals surface area contributed by atoms with Gasteiger partial charge >= 0.3 is 5.97 Å². The van der Waals surface area contributed by atoms with Gasteiger partial charge in [0.1, 0.15) is 6.42 Å². The van der Waals surface area contributed by atoms with Crippen molar-refractivity contribution in [3.8, 4) is 0 Å². The molecule has 2 aromatic carbocycles. The maximum absolute atomic E-state index is 11.1. The van der Waals surface area contributed by atoms with Gasteiger partial charge in [0, 0.05) is 37.5 Å². The molecule has 0 unspecified atom stereocenters. The van der Waals surface area contributed by atoms with Gasteiger partial charge in [-0.15, -0.1) is 0 Å². The molecule has 0 atom stereocenters. The first-order valence-corrected chi connectivity index (χ1v) is 9.22. The van der Waals surface area contributed by atoms with E-state index in [-0.39, 0.29) is 11.8 Å². The van der Waals surface area contributed by atoms with E-state index in [9.17, 15) is 4.79 Å². The number of para-hydroxylation sites is 1. The van der Waals surface area contributed by atoms with Crippen molar-refractivity contribution < 1.29 is 14.5 Å². The van der Waals surface area contributed by atoms with Crippen LogP contribution in [0.15, 0.2) is 54.6 Å². The molecular weight excluding hydrogens is 336 g/mol. The maximum Gasteiger partial charge on any atom is 0.309 e. The van der Waals surface area contributed by atoms with Crippen LogP contribution in [0.1, 0.15) is 31.4 Å². The molecule has 0 saturated heterocycles. The minimum atomic E-state index is -0.778. The summed E-state index contributed by atoms with van der Waals surface area (Å²) in [6, 6.07) is 16.7. The summed E-state index contributed by atoms with van der Waals surface area (Å²) in [5.74, 6) is -0.778. The largest absolute Gasteiger partial charge is 0.481 e. The number of hydrogen-bond donors (Lipinski definition) is 1. The molecule has 2 aromatic rings. The SMILES string of the molecule is CN(C)c1ccc(C=CC2=[N+](CCC(=O)O)c3ccccc3C2(C)C)cc1. The van der Waals surface area contributed by atoms with Crippen LogP contribution in [-0.2, 0) is 10.2 Å². The van der Waals surface area contributed by atoms with Gasteiger partial charge < -0.3 is 10.0 Å². The number of allylic oxidation sites excluding steroid dienone is 1. The molecule has 0 aromatic heterocycles. The number of nitrogens with zero attached hydrogens (tertiary/aromatic N) is 2. The van der Waals surface area contributed by atoms with Crippen LogP contribution in [-0.4, -0.2) is 42.0 Å².